The highest BCUT2D eigenvalue weighted by Crippen LogP contribution is 2.27. The molecule has 9 nitrogen and oxygen atoms in total. The Hall–Kier alpha value is -3.31. The molecule has 1 aliphatic rings. The van der Waals surface area contributed by atoms with E-state index in [9.17, 15) is 22.8 Å². The van der Waals surface area contributed by atoms with Crippen LogP contribution in [0.25, 0.3) is 10.8 Å². The van der Waals surface area contributed by atoms with Gasteiger partial charge < -0.3 is 9.15 Å². The third-order valence-electron chi connectivity index (χ3n) is 4.82. The maximum atomic E-state index is 12.9. The molecule has 4 rings (SSSR count). The Bertz CT molecular complexity index is 1240. The highest BCUT2D eigenvalue weighted by Gasteiger charge is 2.43. The molecule has 0 fully saturated rings. The van der Waals surface area contributed by atoms with Gasteiger partial charge in [-0.05, 0) is 30.7 Å². The van der Waals surface area contributed by atoms with Crippen LogP contribution in [0.2, 0.25) is 0 Å². The molecule has 1 aliphatic heterocycles. The molecular weight excluding hydrogens is 456 g/mol. The summed E-state index contributed by atoms with van der Waals surface area (Å²) in [7, 11) is -3.45. The predicted octanol–water partition coefficient (Wildman–Crippen LogP) is 2.55. The fourth-order valence-electron chi connectivity index (χ4n) is 3.30. The number of furan rings is 1. The van der Waals surface area contributed by atoms with Crippen LogP contribution in [0.15, 0.2) is 52.5 Å². The summed E-state index contributed by atoms with van der Waals surface area (Å²) in [5, 5.41) is 2.30. The number of hydrogen-bond acceptors (Lipinski definition) is 9. The number of benzene rings is 1. The van der Waals surface area contributed by atoms with Crippen LogP contribution < -0.4 is 0 Å². The summed E-state index contributed by atoms with van der Waals surface area (Å²) >= 11 is 1.30. The van der Waals surface area contributed by atoms with E-state index in [1.54, 1.807) is 29.6 Å². The van der Waals surface area contributed by atoms with E-state index in [0.29, 0.717) is 16.5 Å². The van der Waals surface area contributed by atoms with Gasteiger partial charge in [-0.2, -0.15) is 0 Å². The normalized spacial score (nSPS) is 14.5. The third-order valence-corrected chi connectivity index (χ3v) is 6.70. The molecule has 3 aromatic rings. The molecule has 1 unspecified atom stereocenters. The molecular formula is C21H18N2O7S2. The average molecular weight is 475 g/mol. The quantitative estimate of drug-likeness (QED) is 0.360. The van der Waals surface area contributed by atoms with Crippen molar-refractivity contribution in [3.05, 3.63) is 64.9 Å². The Morgan fingerprint density at radius 3 is 2.44 bits per heavy atom. The summed E-state index contributed by atoms with van der Waals surface area (Å²) in [4.78, 5) is 43.6. The molecule has 0 radical (unpaired) electrons. The van der Waals surface area contributed by atoms with E-state index >= 15 is 0 Å². The first kappa shape index (κ1) is 21.9. The summed E-state index contributed by atoms with van der Waals surface area (Å²) in [6.45, 7) is -0.200. The van der Waals surface area contributed by atoms with Gasteiger partial charge in [0, 0.05) is 11.6 Å². The van der Waals surface area contributed by atoms with Crippen molar-refractivity contribution in [3.63, 3.8) is 0 Å². The molecule has 0 spiro atoms. The van der Waals surface area contributed by atoms with Gasteiger partial charge >= 0.3 is 5.97 Å². The zero-order valence-electron chi connectivity index (χ0n) is 16.9. The largest absolute Gasteiger partial charge is 0.462 e. The van der Waals surface area contributed by atoms with Gasteiger partial charge in [-0.3, -0.25) is 14.5 Å². The lowest BCUT2D eigenvalue weighted by molar-refractivity contribution is -0.149. The third kappa shape index (κ3) is 4.48. The summed E-state index contributed by atoms with van der Waals surface area (Å²) in [6.07, 6.45) is 2.27. The SMILES string of the molecule is CS(=O)(=O)CCC(C(=O)OCc1csc(-c2ccco2)n1)N1C(=O)c2ccccc2C1=O. The van der Waals surface area contributed by atoms with Crippen molar-refractivity contribution in [2.24, 2.45) is 0 Å². The maximum absolute atomic E-state index is 12.9. The van der Waals surface area contributed by atoms with Gasteiger partial charge in [-0.25, -0.2) is 18.2 Å². The number of aromatic nitrogens is 1. The van der Waals surface area contributed by atoms with E-state index in [4.69, 9.17) is 9.15 Å². The van der Waals surface area contributed by atoms with Crippen molar-refractivity contribution in [3.8, 4) is 10.8 Å². The lowest BCUT2D eigenvalue weighted by Gasteiger charge is -2.24. The van der Waals surface area contributed by atoms with Gasteiger partial charge in [0.05, 0.1) is 28.8 Å². The molecule has 2 amide bonds. The van der Waals surface area contributed by atoms with Crippen LogP contribution in [0.1, 0.15) is 32.8 Å². The van der Waals surface area contributed by atoms with Crippen LogP contribution in [0.4, 0.5) is 0 Å². The number of imide groups is 1. The molecule has 3 heterocycles. The van der Waals surface area contributed by atoms with E-state index in [-0.39, 0.29) is 29.9 Å². The number of carbonyl (C=O) groups is 3. The van der Waals surface area contributed by atoms with Crippen molar-refractivity contribution in [1.82, 2.24) is 9.88 Å². The zero-order chi connectivity index (χ0) is 22.9. The molecule has 166 valence electrons. The van der Waals surface area contributed by atoms with Gasteiger partial charge in [0.25, 0.3) is 11.8 Å². The number of hydrogen-bond donors (Lipinski definition) is 0. The fourth-order valence-corrected chi connectivity index (χ4v) is 4.72. The van der Waals surface area contributed by atoms with Crippen LogP contribution in [-0.4, -0.2) is 54.1 Å². The molecule has 0 N–H and O–H groups in total. The molecule has 2 aromatic heterocycles. The number of nitrogens with zero attached hydrogens (tertiary/aromatic N) is 2. The molecule has 0 saturated carbocycles. The average Bonchev–Trinajstić information content (AvgIpc) is 3.49. The number of sulfone groups is 1. The van der Waals surface area contributed by atoms with E-state index in [1.165, 1.54) is 29.7 Å². The lowest BCUT2D eigenvalue weighted by Crippen LogP contribution is -2.46. The first-order valence-corrected chi connectivity index (χ1v) is 12.5. The Labute approximate surface area is 187 Å². The summed E-state index contributed by atoms with van der Waals surface area (Å²) in [5.74, 6) is -2.01. The molecule has 1 atom stereocenters. The topological polar surface area (TPSA) is 124 Å². The van der Waals surface area contributed by atoms with Crippen molar-refractivity contribution in [1.29, 1.82) is 0 Å². The summed E-state index contributed by atoms with van der Waals surface area (Å²) < 4.78 is 34.0. The number of carbonyl (C=O) groups excluding carboxylic acids is 3. The van der Waals surface area contributed by atoms with Crippen LogP contribution in [0, 0.1) is 0 Å². The summed E-state index contributed by atoms with van der Waals surface area (Å²) in [5.41, 5.74) is 0.786. The molecule has 0 aliphatic carbocycles. The lowest BCUT2D eigenvalue weighted by atomic mass is 10.1. The van der Waals surface area contributed by atoms with Crippen molar-refractivity contribution in [2.75, 3.05) is 12.0 Å². The Morgan fingerprint density at radius 1 is 1.16 bits per heavy atom. The number of ether oxygens (including phenoxy) is 1. The van der Waals surface area contributed by atoms with E-state index < -0.39 is 33.7 Å². The van der Waals surface area contributed by atoms with Crippen molar-refractivity contribution in [2.45, 2.75) is 19.1 Å². The van der Waals surface area contributed by atoms with Gasteiger partial charge in [0.1, 0.15) is 22.5 Å². The van der Waals surface area contributed by atoms with Crippen LogP contribution >= 0.6 is 11.3 Å². The molecule has 32 heavy (non-hydrogen) atoms. The zero-order valence-corrected chi connectivity index (χ0v) is 18.5. The minimum absolute atomic E-state index is 0.164. The first-order chi connectivity index (χ1) is 15.2. The van der Waals surface area contributed by atoms with Gasteiger partial charge in [0.15, 0.2) is 10.8 Å². The maximum Gasteiger partial charge on any atom is 0.329 e. The number of thiazole rings is 1. The smallest absolute Gasteiger partial charge is 0.329 e. The van der Waals surface area contributed by atoms with Gasteiger partial charge in [-0.1, -0.05) is 12.1 Å². The van der Waals surface area contributed by atoms with Crippen LogP contribution in [0.3, 0.4) is 0 Å². The van der Waals surface area contributed by atoms with Crippen molar-refractivity contribution >= 4 is 39.0 Å². The Balaban J connectivity index is 1.52. The minimum Gasteiger partial charge on any atom is -0.462 e. The highest BCUT2D eigenvalue weighted by atomic mass is 32.2. The number of fused-ring (bicyclic) bond motifs is 1. The Kier molecular flexibility index (Phi) is 5.94. The first-order valence-electron chi connectivity index (χ1n) is 9.54. The van der Waals surface area contributed by atoms with Crippen LogP contribution in [-0.2, 0) is 26.0 Å². The Morgan fingerprint density at radius 2 is 1.84 bits per heavy atom. The molecule has 11 heteroatoms. The van der Waals surface area contributed by atoms with E-state index in [0.717, 1.165) is 11.2 Å². The fraction of sp³-hybridized carbons (Fsp3) is 0.238. The van der Waals surface area contributed by atoms with Gasteiger partial charge in [0.2, 0.25) is 0 Å². The number of rotatable bonds is 8. The van der Waals surface area contributed by atoms with Gasteiger partial charge in [-0.15, -0.1) is 11.3 Å². The summed E-state index contributed by atoms with van der Waals surface area (Å²) in [6, 6.07) is 8.29. The predicted molar refractivity (Wildman–Crippen MR) is 115 cm³/mol. The second-order valence-corrected chi connectivity index (χ2v) is 10.3. The minimum atomic E-state index is -3.45. The monoisotopic (exact) mass is 474 g/mol. The standard InChI is InChI=1S/C21H18N2O7S2/c1-32(27,28)10-8-16(23-19(24)14-5-2-3-6-15(14)20(23)25)21(26)30-11-13-12-31-18(22-13)17-7-4-9-29-17/h2-7,9,12,16H,8,10-11H2,1H3. The highest BCUT2D eigenvalue weighted by molar-refractivity contribution is 7.90. The van der Waals surface area contributed by atoms with E-state index in [1.807, 2.05) is 0 Å². The second kappa shape index (κ2) is 8.67. The molecule has 0 bridgehead atoms. The van der Waals surface area contributed by atoms with E-state index in [2.05, 4.69) is 4.98 Å². The van der Waals surface area contributed by atoms with Crippen molar-refractivity contribution < 1.29 is 32.0 Å². The second-order valence-electron chi connectivity index (χ2n) is 7.19. The number of amides is 2. The van der Waals surface area contributed by atoms with Crippen LogP contribution in [0.5, 0.6) is 0 Å². The molecule has 1 aromatic carbocycles. The number of esters is 1. The molecule has 0 saturated heterocycles.